The zero-order valence-electron chi connectivity index (χ0n) is 15.2. The monoisotopic (exact) mass is 372 g/mol. The number of ketones is 1. The van der Waals surface area contributed by atoms with E-state index in [2.05, 4.69) is 22.3 Å². The molecule has 1 aliphatic rings. The van der Waals surface area contributed by atoms with E-state index in [1.807, 2.05) is 32.0 Å². The highest BCUT2D eigenvalue weighted by Crippen LogP contribution is 2.25. The lowest BCUT2D eigenvalue weighted by Crippen LogP contribution is -2.68. The minimum absolute atomic E-state index is 0.0604. The molecular weight excluding hydrogens is 348 g/mol. The fourth-order valence-corrected chi connectivity index (χ4v) is 3.42. The summed E-state index contributed by atoms with van der Waals surface area (Å²) in [6.07, 6.45) is 0. The Morgan fingerprint density at radius 1 is 1.19 bits per heavy atom. The van der Waals surface area contributed by atoms with Gasteiger partial charge in [-0.05, 0) is 29.8 Å². The Balaban J connectivity index is 1.82. The number of nitrogens with one attached hydrogen (secondary N) is 1. The van der Waals surface area contributed by atoms with Gasteiger partial charge in [-0.2, -0.15) is 0 Å². The van der Waals surface area contributed by atoms with Gasteiger partial charge in [0.1, 0.15) is 5.75 Å². The highest BCUT2D eigenvalue weighted by molar-refractivity contribution is 6.30. The van der Waals surface area contributed by atoms with Crippen molar-refractivity contribution in [2.45, 2.75) is 26.1 Å². The maximum Gasteiger partial charge on any atom is 0.233 e. The summed E-state index contributed by atoms with van der Waals surface area (Å²) in [5, 5.41) is 3.99. The first-order valence-electron chi connectivity index (χ1n) is 8.99. The molecule has 1 heterocycles. The fourth-order valence-electron chi connectivity index (χ4n) is 3.30. The Morgan fingerprint density at radius 2 is 1.88 bits per heavy atom. The molecule has 2 aromatic rings. The minimum atomic E-state index is -1.05. The predicted molar refractivity (Wildman–Crippen MR) is 104 cm³/mol. The first-order valence-corrected chi connectivity index (χ1v) is 9.36. The lowest BCUT2D eigenvalue weighted by molar-refractivity contribution is -0.146. The maximum atomic E-state index is 13.0. The van der Waals surface area contributed by atoms with Crippen molar-refractivity contribution in [3.63, 3.8) is 0 Å². The summed E-state index contributed by atoms with van der Waals surface area (Å²) >= 11 is 5.97. The van der Waals surface area contributed by atoms with Crippen LogP contribution in [0.25, 0.3) is 0 Å². The minimum Gasteiger partial charge on any atom is -0.464 e. The third kappa shape index (κ3) is 4.44. The molecule has 0 aliphatic carbocycles. The average molecular weight is 373 g/mol. The van der Waals surface area contributed by atoms with Crippen LogP contribution in [0.4, 0.5) is 0 Å². The van der Waals surface area contributed by atoms with Gasteiger partial charge in [0.05, 0.1) is 6.54 Å². The van der Waals surface area contributed by atoms with Crippen LogP contribution in [0.2, 0.25) is 5.02 Å². The molecule has 1 atom stereocenters. The highest BCUT2D eigenvalue weighted by atomic mass is 35.5. The van der Waals surface area contributed by atoms with Crippen LogP contribution in [0.3, 0.4) is 0 Å². The lowest BCUT2D eigenvalue weighted by Gasteiger charge is -2.43. The van der Waals surface area contributed by atoms with Gasteiger partial charge in [-0.3, -0.25) is 15.0 Å². The number of halogens is 1. The molecule has 0 amide bonds. The largest absolute Gasteiger partial charge is 0.464 e. The van der Waals surface area contributed by atoms with E-state index in [4.69, 9.17) is 16.3 Å². The number of ether oxygens (including phenoxy) is 1. The molecule has 0 saturated carbocycles. The van der Waals surface area contributed by atoms with Crippen LogP contribution < -0.4 is 10.1 Å². The van der Waals surface area contributed by atoms with Crippen LogP contribution in [0.5, 0.6) is 5.75 Å². The number of Topliss-reactive ketones (excluding diaryl/α,β-unsaturated/α-hetero) is 1. The van der Waals surface area contributed by atoms with E-state index in [1.54, 1.807) is 24.3 Å². The van der Waals surface area contributed by atoms with Crippen molar-refractivity contribution in [2.75, 3.05) is 19.6 Å². The Hall–Kier alpha value is -1.88. The molecule has 1 saturated heterocycles. The second-order valence-corrected chi connectivity index (χ2v) is 7.46. The van der Waals surface area contributed by atoms with Crippen molar-refractivity contribution in [1.82, 2.24) is 10.2 Å². The number of hydrogen-bond donors (Lipinski definition) is 1. The van der Waals surface area contributed by atoms with E-state index in [9.17, 15) is 4.79 Å². The molecule has 3 rings (SSSR count). The third-order valence-corrected chi connectivity index (χ3v) is 4.81. The first kappa shape index (κ1) is 18.9. The van der Waals surface area contributed by atoms with Crippen molar-refractivity contribution in [3.8, 4) is 5.75 Å². The first-order chi connectivity index (χ1) is 12.5. The lowest BCUT2D eigenvalue weighted by atomic mass is 9.95. The van der Waals surface area contributed by atoms with E-state index >= 15 is 0 Å². The average Bonchev–Trinajstić information content (AvgIpc) is 2.64. The Labute approximate surface area is 160 Å². The van der Waals surface area contributed by atoms with E-state index < -0.39 is 5.72 Å². The van der Waals surface area contributed by atoms with Crippen molar-refractivity contribution >= 4 is 17.4 Å². The summed E-state index contributed by atoms with van der Waals surface area (Å²) in [7, 11) is 0. The van der Waals surface area contributed by atoms with Gasteiger partial charge in [0.25, 0.3) is 0 Å². The molecule has 0 bridgehead atoms. The van der Waals surface area contributed by atoms with E-state index in [1.165, 1.54) is 5.56 Å². The number of carbonyl (C=O) groups is 1. The molecular formula is C21H25ClN2O2. The van der Waals surface area contributed by atoms with Crippen LogP contribution in [0, 0.1) is 5.92 Å². The predicted octanol–water partition coefficient (Wildman–Crippen LogP) is 3.75. The van der Waals surface area contributed by atoms with Crippen molar-refractivity contribution in [1.29, 1.82) is 0 Å². The summed E-state index contributed by atoms with van der Waals surface area (Å²) in [4.78, 5) is 15.3. The van der Waals surface area contributed by atoms with Crippen LogP contribution >= 0.6 is 11.6 Å². The van der Waals surface area contributed by atoms with Gasteiger partial charge >= 0.3 is 0 Å². The molecule has 138 valence electrons. The topological polar surface area (TPSA) is 41.6 Å². The SMILES string of the molecule is CC(C)C(=O)C1(Oc2ccc(Cl)cc2)CN(Cc2ccccc2)CCN1. The molecule has 0 aromatic heterocycles. The molecule has 0 spiro atoms. The molecule has 1 aliphatic heterocycles. The molecule has 1 N–H and O–H groups in total. The Bertz CT molecular complexity index is 733. The summed E-state index contributed by atoms with van der Waals surface area (Å²) in [5.74, 6) is 0.564. The standard InChI is InChI=1S/C21H25ClN2O2/c1-16(2)20(25)21(26-19-10-8-18(22)9-11-19)15-24(13-12-23-21)14-17-6-4-3-5-7-17/h3-11,16,23H,12-15H2,1-2H3. The van der Waals surface area contributed by atoms with Gasteiger partial charge in [-0.1, -0.05) is 55.8 Å². The molecule has 1 unspecified atom stereocenters. The van der Waals surface area contributed by atoms with Crippen LogP contribution in [0.15, 0.2) is 54.6 Å². The van der Waals surface area contributed by atoms with Gasteiger partial charge in [0.2, 0.25) is 5.72 Å². The van der Waals surface area contributed by atoms with Crippen LogP contribution in [-0.2, 0) is 11.3 Å². The quantitative estimate of drug-likeness (QED) is 0.838. The van der Waals surface area contributed by atoms with Crippen molar-refractivity contribution in [3.05, 3.63) is 65.2 Å². The fraction of sp³-hybridized carbons (Fsp3) is 0.381. The summed E-state index contributed by atoms with van der Waals surface area (Å²) in [5.41, 5.74) is 0.182. The number of hydrogen-bond acceptors (Lipinski definition) is 4. The molecule has 5 heteroatoms. The van der Waals surface area contributed by atoms with Gasteiger partial charge < -0.3 is 4.74 Å². The van der Waals surface area contributed by atoms with Crippen molar-refractivity contribution < 1.29 is 9.53 Å². The van der Waals surface area contributed by atoms with E-state index in [0.717, 1.165) is 13.1 Å². The van der Waals surface area contributed by atoms with Gasteiger partial charge in [-0.25, -0.2) is 0 Å². The molecule has 1 fully saturated rings. The zero-order chi connectivity index (χ0) is 18.6. The Kier molecular flexibility index (Phi) is 5.97. The van der Waals surface area contributed by atoms with Crippen molar-refractivity contribution in [2.24, 2.45) is 5.92 Å². The zero-order valence-corrected chi connectivity index (χ0v) is 16.0. The summed E-state index contributed by atoms with van der Waals surface area (Å²) in [6.45, 7) is 6.67. The second-order valence-electron chi connectivity index (χ2n) is 7.02. The van der Waals surface area contributed by atoms with Gasteiger partial charge in [0, 0.05) is 30.6 Å². The molecule has 26 heavy (non-hydrogen) atoms. The van der Waals surface area contributed by atoms with Crippen LogP contribution in [0.1, 0.15) is 19.4 Å². The number of piperazine rings is 1. The molecule has 4 nitrogen and oxygen atoms in total. The molecule has 2 aromatic carbocycles. The van der Waals surface area contributed by atoms with E-state index in [0.29, 0.717) is 23.9 Å². The van der Waals surface area contributed by atoms with Gasteiger partial charge in [0.15, 0.2) is 5.78 Å². The second kappa shape index (κ2) is 8.21. The van der Waals surface area contributed by atoms with E-state index in [-0.39, 0.29) is 11.7 Å². The maximum absolute atomic E-state index is 13.0. The van der Waals surface area contributed by atoms with Crippen LogP contribution in [-0.4, -0.2) is 36.0 Å². The Morgan fingerprint density at radius 3 is 2.54 bits per heavy atom. The number of rotatable bonds is 6. The highest BCUT2D eigenvalue weighted by Gasteiger charge is 2.45. The third-order valence-electron chi connectivity index (χ3n) is 4.56. The molecule has 0 radical (unpaired) electrons. The normalized spacial score (nSPS) is 20.9. The smallest absolute Gasteiger partial charge is 0.233 e. The number of carbonyl (C=O) groups excluding carboxylic acids is 1. The number of nitrogens with zero attached hydrogens (tertiary/aromatic N) is 1. The van der Waals surface area contributed by atoms with Gasteiger partial charge in [-0.15, -0.1) is 0 Å². The summed E-state index contributed by atoms with van der Waals surface area (Å²) in [6, 6.07) is 17.4. The summed E-state index contributed by atoms with van der Waals surface area (Å²) < 4.78 is 6.23. The number of benzene rings is 2.